The van der Waals surface area contributed by atoms with Gasteiger partial charge in [0.05, 0.1) is 44.5 Å². The van der Waals surface area contributed by atoms with Crippen LogP contribution in [0.15, 0.2) is 303 Å². The lowest BCUT2D eigenvalue weighted by Gasteiger charge is -2.17. The van der Waals surface area contributed by atoms with Crippen molar-refractivity contribution in [3.8, 4) is 101 Å². The third-order valence-electron chi connectivity index (χ3n) is 16.4. The van der Waals surface area contributed by atoms with Crippen molar-refractivity contribution in [2.24, 2.45) is 0 Å². The highest BCUT2D eigenvalue weighted by Gasteiger charge is 2.22. The lowest BCUT2D eigenvalue weighted by Crippen LogP contribution is -1.99. The highest BCUT2D eigenvalue weighted by atomic mass is 15.1. The normalized spacial score (nSPS) is 11.6. The van der Waals surface area contributed by atoms with E-state index in [-0.39, 0.29) is 0 Å². The fourth-order valence-electron chi connectivity index (χ4n) is 12.1. The zero-order valence-electron chi connectivity index (χ0n) is 45.6. The van der Waals surface area contributed by atoms with Crippen LogP contribution in [0, 0.1) is 0 Å². The standard InChI is InChI=1S/C78H50N6/c1-3-19-65(20-4-1)83-71-25-13-11-23-69(71)79-77(83)59-41-31-55(32-42-59)53-27-37-57(38-28-53)73-74(58-39-29-54(30-40-58)56-33-43-60(44-34-56)78-80-70-24-12-14-26-72(70)84(78)66-21-5-2-6-22-66)82-76-68(64-46-36-52-16-8-10-18-62(52)50-64)48-47-67(75(76)81-73)63-45-35-51-15-7-9-17-61(51)49-63/h1-50H. The first-order valence-electron chi connectivity index (χ1n) is 28.4. The number of rotatable bonds is 10. The second kappa shape index (κ2) is 20.3. The van der Waals surface area contributed by atoms with E-state index in [4.69, 9.17) is 19.9 Å². The van der Waals surface area contributed by atoms with E-state index in [1.807, 2.05) is 24.3 Å². The minimum Gasteiger partial charge on any atom is -0.292 e. The molecule has 0 spiro atoms. The van der Waals surface area contributed by atoms with Gasteiger partial charge in [0.15, 0.2) is 0 Å². The molecule has 0 saturated carbocycles. The second-order valence-corrected chi connectivity index (χ2v) is 21.4. The lowest BCUT2D eigenvalue weighted by atomic mass is 9.93. The maximum Gasteiger partial charge on any atom is 0.145 e. The molecule has 6 heteroatoms. The van der Waals surface area contributed by atoms with Gasteiger partial charge in [-0.1, -0.05) is 243 Å². The van der Waals surface area contributed by atoms with Gasteiger partial charge >= 0.3 is 0 Å². The second-order valence-electron chi connectivity index (χ2n) is 21.4. The van der Waals surface area contributed by atoms with Gasteiger partial charge in [-0.05, 0) is 116 Å². The molecule has 6 nitrogen and oxygen atoms in total. The Balaban J connectivity index is 0.817. The molecule has 0 radical (unpaired) electrons. The van der Waals surface area contributed by atoms with Crippen molar-refractivity contribution >= 4 is 54.6 Å². The number of benzene rings is 13. The summed E-state index contributed by atoms with van der Waals surface area (Å²) in [7, 11) is 0. The molecule has 392 valence electrons. The van der Waals surface area contributed by atoms with Gasteiger partial charge < -0.3 is 0 Å². The lowest BCUT2D eigenvalue weighted by molar-refractivity contribution is 1.10. The van der Waals surface area contributed by atoms with E-state index in [0.717, 1.165) is 134 Å². The maximum absolute atomic E-state index is 5.81. The molecule has 0 aliphatic rings. The zero-order valence-corrected chi connectivity index (χ0v) is 45.6. The van der Waals surface area contributed by atoms with Crippen LogP contribution in [-0.4, -0.2) is 29.1 Å². The monoisotopic (exact) mass is 1070 g/mol. The molecule has 0 unspecified atom stereocenters. The van der Waals surface area contributed by atoms with Gasteiger partial charge in [-0.25, -0.2) is 19.9 Å². The Morgan fingerprint density at radius 2 is 0.524 bits per heavy atom. The third kappa shape index (κ3) is 8.60. The van der Waals surface area contributed by atoms with Crippen LogP contribution >= 0.6 is 0 Å². The SMILES string of the molecule is c1ccc(-n2c(-c3ccc(-c4ccc(-c5nc6c(-c7ccc8ccccc8c7)ccc(-c7ccc8ccccc8c7)c6nc5-c5ccc(-c6ccc(-c7nc8ccccc8n7-c7ccccc7)cc6)cc5)cc4)cc3)nc3ccccc32)cc1. The van der Waals surface area contributed by atoms with E-state index in [1.54, 1.807) is 0 Å². The summed E-state index contributed by atoms with van der Waals surface area (Å²) in [5, 5.41) is 4.73. The van der Waals surface area contributed by atoms with Gasteiger partial charge in [0.1, 0.15) is 11.6 Å². The number of para-hydroxylation sites is 6. The molecule has 0 saturated heterocycles. The molecular weight excluding hydrogens is 1020 g/mol. The van der Waals surface area contributed by atoms with Crippen molar-refractivity contribution in [3.05, 3.63) is 303 Å². The Hall–Kier alpha value is -11.3. The number of hydrogen-bond acceptors (Lipinski definition) is 4. The van der Waals surface area contributed by atoms with Crippen LogP contribution in [0.4, 0.5) is 0 Å². The van der Waals surface area contributed by atoms with Crippen molar-refractivity contribution < 1.29 is 0 Å². The van der Waals surface area contributed by atoms with Crippen LogP contribution in [0.1, 0.15) is 0 Å². The first-order chi connectivity index (χ1) is 41.6. The quantitative estimate of drug-likeness (QED) is 0.137. The summed E-state index contributed by atoms with van der Waals surface area (Å²) < 4.78 is 4.49. The van der Waals surface area contributed by atoms with Crippen LogP contribution in [0.3, 0.4) is 0 Å². The predicted molar refractivity (Wildman–Crippen MR) is 347 cm³/mol. The van der Waals surface area contributed by atoms with Gasteiger partial charge in [0.25, 0.3) is 0 Å². The van der Waals surface area contributed by atoms with Crippen molar-refractivity contribution in [2.45, 2.75) is 0 Å². The Morgan fingerprint density at radius 3 is 0.917 bits per heavy atom. The first kappa shape index (κ1) is 48.6. The van der Waals surface area contributed by atoms with Crippen molar-refractivity contribution in [1.82, 2.24) is 29.1 Å². The van der Waals surface area contributed by atoms with Gasteiger partial charge in [0.2, 0.25) is 0 Å². The summed E-state index contributed by atoms with van der Waals surface area (Å²) in [5.74, 6) is 1.81. The summed E-state index contributed by atoms with van der Waals surface area (Å²) in [4.78, 5) is 21.9. The van der Waals surface area contributed by atoms with Gasteiger partial charge in [-0.15, -0.1) is 0 Å². The summed E-state index contributed by atoms with van der Waals surface area (Å²) >= 11 is 0. The fourth-order valence-corrected chi connectivity index (χ4v) is 12.1. The van der Waals surface area contributed by atoms with E-state index in [1.165, 1.54) is 21.5 Å². The molecule has 0 aliphatic carbocycles. The molecule has 13 aromatic carbocycles. The molecule has 0 atom stereocenters. The van der Waals surface area contributed by atoms with Crippen LogP contribution in [0.5, 0.6) is 0 Å². The summed E-state index contributed by atoms with van der Waals surface area (Å²) in [6.07, 6.45) is 0. The van der Waals surface area contributed by atoms with E-state index < -0.39 is 0 Å². The molecule has 3 aromatic heterocycles. The molecule has 16 aromatic rings. The topological polar surface area (TPSA) is 61.4 Å². The largest absolute Gasteiger partial charge is 0.292 e. The summed E-state index contributed by atoms with van der Waals surface area (Å²) in [6.45, 7) is 0. The average molecular weight is 1070 g/mol. The van der Waals surface area contributed by atoms with Crippen LogP contribution in [0.25, 0.3) is 156 Å². The van der Waals surface area contributed by atoms with Gasteiger partial charge in [-0.3, -0.25) is 9.13 Å². The van der Waals surface area contributed by atoms with Crippen molar-refractivity contribution in [2.75, 3.05) is 0 Å². The number of fused-ring (bicyclic) bond motifs is 5. The zero-order chi connectivity index (χ0) is 55.5. The van der Waals surface area contributed by atoms with Crippen molar-refractivity contribution in [1.29, 1.82) is 0 Å². The smallest absolute Gasteiger partial charge is 0.145 e. The Morgan fingerprint density at radius 1 is 0.214 bits per heavy atom. The van der Waals surface area contributed by atoms with E-state index in [0.29, 0.717) is 0 Å². The Kier molecular flexibility index (Phi) is 11.8. The number of imidazole rings is 2. The van der Waals surface area contributed by atoms with Crippen LogP contribution < -0.4 is 0 Å². The fraction of sp³-hybridized carbons (Fsp3) is 0. The molecule has 3 heterocycles. The molecule has 84 heavy (non-hydrogen) atoms. The predicted octanol–water partition coefficient (Wildman–Crippen LogP) is 20.0. The van der Waals surface area contributed by atoms with E-state index in [9.17, 15) is 0 Å². The maximum atomic E-state index is 5.81. The third-order valence-corrected chi connectivity index (χ3v) is 16.4. The molecule has 0 amide bonds. The van der Waals surface area contributed by atoms with E-state index >= 15 is 0 Å². The minimum absolute atomic E-state index is 0.806. The molecule has 0 fully saturated rings. The van der Waals surface area contributed by atoms with Crippen molar-refractivity contribution in [3.63, 3.8) is 0 Å². The minimum atomic E-state index is 0.806. The molecule has 0 bridgehead atoms. The molecule has 0 aliphatic heterocycles. The summed E-state index contributed by atoms with van der Waals surface area (Å²) in [6, 6.07) is 108. The Bertz CT molecular complexity index is 4820. The average Bonchev–Trinajstić information content (AvgIpc) is 1.88. The molecular formula is C78H50N6. The molecule has 0 N–H and O–H groups in total. The highest BCUT2D eigenvalue weighted by molar-refractivity contribution is 6.05. The Labute approximate surface area is 485 Å². The van der Waals surface area contributed by atoms with Gasteiger partial charge in [-0.2, -0.15) is 0 Å². The number of hydrogen-bond donors (Lipinski definition) is 0. The van der Waals surface area contributed by atoms with Gasteiger partial charge in [0, 0.05) is 44.8 Å². The first-order valence-corrected chi connectivity index (χ1v) is 28.4. The summed E-state index contributed by atoms with van der Waals surface area (Å²) in [5.41, 5.74) is 22.2. The van der Waals surface area contributed by atoms with Crippen LogP contribution in [0.2, 0.25) is 0 Å². The van der Waals surface area contributed by atoms with Crippen LogP contribution in [-0.2, 0) is 0 Å². The van der Waals surface area contributed by atoms with E-state index in [2.05, 4.69) is 288 Å². The number of aromatic nitrogens is 6. The molecule has 16 rings (SSSR count). The number of nitrogens with zero attached hydrogens (tertiary/aromatic N) is 6. The highest BCUT2D eigenvalue weighted by Crippen LogP contribution is 2.42.